The number of anilines is 1. The molecule has 1 amide bonds. The first-order valence-corrected chi connectivity index (χ1v) is 9.68. The van der Waals surface area contributed by atoms with Crippen molar-refractivity contribution in [2.75, 3.05) is 19.5 Å². The summed E-state index contributed by atoms with van der Waals surface area (Å²) < 4.78 is 12.5. The summed E-state index contributed by atoms with van der Waals surface area (Å²) in [5.74, 6) is 1.89. The lowest BCUT2D eigenvalue weighted by Gasteiger charge is -2.12. The number of imidazole rings is 1. The Hall–Kier alpha value is -3.80. The van der Waals surface area contributed by atoms with Crippen LogP contribution in [0.15, 0.2) is 72.8 Å². The molecule has 1 aromatic heterocycles. The Kier molecular flexibility index (Phi) is 5.66. The zero-order chi connectivity index (χ0) is 20.9. The van der Waals surface area contributed by atoms with Crippen LogP contribution in [0.1, 0.15) is 11.4 Å². The first-order valence-electron chi connectivity index (χ1n) is 9.68. The molecule has 0 atom stereocenters. The number of hydrogen-bond acceptors (Lipinski definition) is 4. The molecule has 0 fully saturated rings. The van der Waals surface area contributed by atoms with E-state index in [-0.39, 0.29) is 12.5 Å². The molecule has 0 spiro atoms. The van der Waals surface area contributed by atoms with Gasteiger partial charge in [-0.25, -0.2) is 4.98 Å². The maximum Gasteiger partial charge on any atom is 0.244 e. The van der Waals surface area contributed by atoms with Crippen molar-refractivity contribution in [2.24, 2.45) is 0 Å². The highest BCUT2D eigenvalue weighted by Crippen LogP contribution is 2.29. The molecule has 4 rings (SSSR count). The van der Waals surface area contributed by atoms with Crippen LogP contribution in [0, 0.1) is 0 Å². The van der Waals surface area contributed by atoms with Crippen LogP contribution in [0.3, 0.4) is 0 Å². The van der Waals surface area contributed by atoms with E-state index >= 15 is 0 Å². The van der Waals surface area contributed by atoms with E-state index < -0.39 is 0 Å². The van der Waals surface area contributed by atoms with E-state index in [0.717, 1.165) is 22.4 Å². The van der Waals surface area contributed by atoms with Gasteiger partial charge in [-0.05, 0) is 29.8 Å². The van der Waals surface area contributed by atoms with E-state index in [1.165, 1.54) is 0 Å². The van der Waals surface area contributed by atoms with Crippen molar-refractivity contribution in [1.82, 2.24) is 9.55 Å². The minimum atomic E-state index is -0.139. The molecular formula is C24H23N3O3. The van der Waals surface area contributed by atoms with Crippen LogP contribution in [-0.4, -0.2) is 29.7 Å². The Labute approximate surface area is 175 Å². The summed E-state index contributed by atoms with van der Waals surface area (Å²) in [5, 5.41) is 2.94. The Balaban J connectivity index is 1.59. The van der Waals surface area contributed by atoms with Gasteiger partial charge >= 0.3 is 0 Å². The second kappa shape index (κ2) is 8.69. The molecule has 1 heterocycles. The molecular weight excluding hydrogens is 378 g/mol. The van der Waals surface area contributed by atoms with Gasteiger partial charge < -0.3 is 19.4 Å². The van der Waals surface area contributed by atoms with Gasteiger partial charge in [0.25, 0.3) is 0 Å². The molecule has 152 valence electrons. The number of ether oxygens (including phenoxy) is 2. The highest BCUT2D eigenvalue weighted by atomic mass is 16.5. The topological polar surface area (TPSA) is 65.4 Å². The fourth-order valence-electron chi connectivity index (χ4n) is 3.47. The van der Waals surface area contributed by atoms with Gasteiger partial charge in [0, 0.05) is 18.2 Å². The van der Waals surface area contributed by atoms with Crippen molar-refractivity contribution in [3.05, 3.63) is 84.2 Å². The normalized spacial score (nSPS) is 10.7. The SMILES string of the molecule is COc1ccc(NC(=O)Cn2c(Cc3ccccc3)nc3ccccc32)cc1OC. The van der Waals surface area contributed by atoms with Crippen LogP contribution >= 0.6 is 0 Å². The summed E-state index contributed by atoms with van der Waals surface area (Å²) in [6.07, 6.45) is 0.652. The van der Waals surface area contributed by atoms with Crippen molar-refractivity contribution in [1.29, 1.82) is 0 Å². The van der Waals surface area contributed by atoms with Crippen LogP contribution in [0.5, 0.6) is 11.5 Å². The third-order valence-electron chi connectivity index (χ3n) is 4.91. The zero-order valence-electron chi connectivity index (χ0n) is 17.0. The minimum absolute atomic E-state index is 0.139. The van der Waals surface area contributed by atoms with Crippen molar-refractivity contribution in [3.8, 4) is 11.5 Å². The Morgan fingerprint density at radius 2 is 1.67 bits per heavy atom. The Morgan fingerprint density at radius 1 is 0.933 bits per heavy atom. The molecule has 0 aliphatic carbocycles. The maximum absolute atomic E-state index is 12.9. The van der Waals surface area contributed by atoms with Crippen molar-refractivity contribution in [3.63, 3.8) is 0 Å². The van der Waals surface area contributed by atoms with E-state index in [9.17, 15) is 4.79 Å². The summed E-state index contributed by atoms with van der Waals surface area (Å²) in [4.78, 5) is 17.6. The number of hydrogen-bond donors (Lipinski definition) is 1. The maximum atomic E-state index is 12.9. The third-order valence-corrected chi connectivity index (χ3v) is 4.91. The molecule has 6 heteroatoms. The molecule has 0 aliphatic heterocycles. The van der Waals surface area contributed by atoms with Crippen LogP contribution < -0.4 is 14.8 Å². The lowest BCUT2D eigenvalue weighted by Crippen LogP contribution is -2.20. The number of carbonyl (C=O) groups excluding carboxylic acids is 1. The highest BCUT2D eigenvalue weighted by Gasteiger charge is 2.15. The summed E-state index contributed by atoms with van der Waals surface area (Å²) >= 11 is 0. The average molecular weight is 401 g/mol. The predicted octanol–water partition coefficient (Wildman–Crippen LogP) is 4.28. The number of nitrogens with zero attached hydrogens (tertiary/aromatic N) is 2. The van der Waals surface area contributed by atoms with Crippen LogP contribution in [0.2, 0.25) is 0 Å². The molecule has 1 N–H and O–H groups in total. The first-order chi connectivity index (χ1) is 14.7. The van der Waals surface area contributed by atoms with Gasteiger partial charge in [0.2, 0.25) is 5.91 Å². The average Bonchev–Trinajstić information content (AvgIpc) is 3.11. The smallest absolute Gasteiger partial charge is 0.244 e. The highest BCUT2D eigenvalue weighted by molar-refractivity contribution is 5.92. The molecule has 0 aliphatic rings. The number of amides is 1. The van der Waals surface area contributed by atoms with Gasteiger partial charge in [0.05, 0.1) is 25.3 Å². The fraction of sp³-hybridized carbons (Fsp3) is 0.167. The number of carbonyl (C=O) groups is 1. The lowest BCUT2D eigenvalue weighted by molar-refractivity contribution is -0.116. The van der Waals surface area contributed by atoms with Gasteiger partial charge in [-0.2, -0.15) is 0 Å². The van der Waals surface area contributed by atoms with Crippen LogP contribution in [0.25, 0.3) is 11.0 Å². The molecule has 0 saturated heterocycles. The van der Waals surface area contributed by atoms with Crippen LogP contribution in [0.4, 0.5) is 5.69 Å². The van der Waals surface area contributed by atoms with Gasteiger partial charge in [-0.3, -0.25) is 4.79 Å². The van der Waals surface area contributed by atoms with Gasteiger partial charge in [-0.1, -0.05) is 42.5 Å². The van der Waals surface area contributed by atoms with E-state index in [0.29, 0.717) is 23.6 Å². The van der Waals surface area contributed by atoms with Gasteiger partial charge in [-0.15, -0.1) is 0 Å². The van der Waals surface area contributed by atoms with Crippen LogP contribution in [-0.2, 0) is 17.8 Å². The molecule has 4 aromatic rings. The van der Waals surface area contributed by atoms with Gasteiger partial charge in [0.1, 0.15) is 12.4 Å². The zero-order valence-corrected chi connectivity index (χ0v) is 17.0. The second-order valence-corrected chi connectivity index (χ2v) is 6.88. The number of fused-ring (bicyclic) bond motifs is 1. The van der Waals surface area contributed by atoms with Crippen molar-refractivity contribution in [2.45, 2.75) is 13.0 Å². The summed E-state index contributed by atoms with van der Waals surface area (Å²) in [7, 11) is 3.14. The monoisotopic (exact) mass is 401 g/mol. The number of aromatic nitrogens is 2. The number of para-hydroxylation sites is 2. The number of benzene rings is 3. The Bertz CT molecular complexity index is 1170. The molecule has 3 aromatic carbocycles. The largest absolute Gasteiger partial charge is 0.493 e. The number of rotatable bonds is 7. The summed E-state index contributed by atoms with van der Waals surface area (Å²) in [6.45, 7) is 0.164. The van der Waals surface area contributed by atoms with Crippen molar-refractivity contribution < 1.29 is 14.3 Å². The summed E-state index contributed by atoms with van der Waals surface area (Å²) in [6, 6.07) is 23.3. The van der Waals surface area contributed by atoms with E-state index in [1.54, 1.807) is 32.4 Å². The van der Waals surface area contributed by atoms with E-state index in [4.69, 9.17) is 14.5 Å². The summed E-state index contributed by atoms with van der Waals surface area (Å²) in [5.41, 5.74) is 3.61. The van der Waals surface area contributed by atoms with Crippen molar-refractivity contribution >= 4 is 22.6 Å². The standard InChI is InChI=1S/C24H23N3O3/c1-29-21-13-12-18(15-22(21)30-2)25-24(28)16-27-20-11-7-6-10-19(20)26-23(27)14-17-8-4-3-5-9-17/h3-13,15H,14,16H2,1-2H3,(H,25,28). The molecule has 6 nitrogen and oxygen atoms in total. The molecule has 0 saturated carbocycles. The fourth-order valence-corrected chi connectivity index (χ4v) is 3.47. The van der Waals surface area contributed by atoms with E-state index in [2.05, 4.69) is 17.4 Å². The Morgan fingerprint density at radius 3 is 2.43 bits per heavy atom. The molecule has 0 radical (unpaired) electrons. The number of nitrogens with one attached hydrogen (secondary N) is 1. The lowest BCUT2D eigenvalue weighted by atomic mass is 10.1. The predicted molar refractivity (Wildman–Crippen MR) is 117 cm³/mol. The number of methoxy groups -OCH3 is 2. The van der Waals surface area contributed by atoms with Gasteiger partial charge in [0.15, 0.2) is 11.5 Å². The quantitative estimate of drug-likeness (QED) is 0.502. The first kappa shape index (κ1) is 19.5. The molecule has 0 unspecified atom stereocenters. The second-order valence-electron chi connectivity index (χ2n) is 6.88. The molecule has 0 bridgehead atoms. The minimum Gasteiger partial charge on any atom is -0.493 e. The molecule has 30 heavy (non-hydrogen) atoms. The van der Waals surface area contributed by atoms with E-state index in [1.807, 2.05) is 47.0 Å². The third kappa shape index (κ3) is 4.12.